The van der Waals surface area contributed by atoms with Crippen LogP contribution in [0, 0.1) is 5.41 Å². The minimum absolute atomic E-state index is 0.0917. The summed E-state index contributed by atoms with van der Waals surface area (Å²) < 4.78 is 0. The van der Waals surface area contributed by atoms with Crippen molar-refractivity contribution in [1.29, 1.82) is 0 Å². The van der Waals surface area contributed by atoms with Gasteiger partial charge in [-0.3, -0.25) is 9.59 Å². The summed E-state index contributed by atoms with van der Waals surface area (Å²) in [6.07, 6.45) is 2.14. The second-order valence-corrected chi connectivity index (χ2v) is 6.10. The van der Waals surface area contributed by atoms with Crippen LogP contribution in [0.1, 0.15) is 33.1 Å². The maximum atomic E-state index is 11.6. The van der Waals surface area contributed by atoms with Crippen molar-refractivity contribution in [3.63, 3.8) is 0 Å². The van der Waals surface area contributed by atoms with Crippen LogP contribution in [0.2, 0.25) is 0 Å². The fourth-order valence-corrected chi connectivity index (χ4v) is 3.29. The van der Waals surface area contributed by atoms with E-state index in [4.69, 9.17) is 0 Å². The van der Waals surface area contributed by atoms with Gasteiger partial charge in [-0.25, -0.2) is 0 Å². The van der Waals surface area contributed by atoms with Gasteiger partial charge in [0.25, 0.3) is 5.24 Å². The molecule has 0 aromatic carbocycles. The number of carbonyl (C=O) groups excluding carboxylic acids is 2. The average Bonchev–Trinajstić information content (AvgIpc) is 2.56. The topological polar surface area (TPSA) is 37.4 Å². The monoisotopic (exact) mass is 227 g/mol. The zero-order valence-electron chi connectivity index (χ0n) is 9.28. The van der Waals surface area contributed by atoms with Gasteiger partial charge < -0.3 is 4.90 Å². The molecule has 15 heavy (non-hydrogen) atoms. The molecular weight excluding hydrogens is 210 g/mol. The molecule has 1 saturated heterocycles. The van der Waals surface area contributed by atoms with Crippen molar-refractivity contribution in [2.24, 2.45) is 5.41 Å². The van der Waals surface area contributed by atoms with Crippen molar-refractivity contribution in [1.82, 2.24) is 4.90 Å². The van der Waals surface area contributed by atoms with Crippen molar-refractivity contribution < 1.29 is 9.59 Å². The molecule has 1 aliphatic heterocycles. The quantitative estimate of drug-likeness (QED) is 0.690. The van der Waals surface area contributed by atoms with E-state index in [1.807, 2.05) is 4.90 Å². The van der Waals surface area contributed by atoms with Crippen molar-refractivity contribution in [2.75, 3.05) is 12.3 Å². The summed E-state index contributed by atoms with van der Waals surface area (Å²) >= 11 is 1.38. The molecule has 1 heterocycles. The van der Waals surface area contributed by atoms with Gasteiger partial charge in [0.1, 0.15) is 5.78 Å². The van der Waals surface area contributed by atoms with Crippen molar-refractivity contribution in [3.05, 3.63) is 0 Å². The Morgan fingerprint density at radius 1 is 1.40 bits per heavy atom. The molecule has 2 rings (SSSR count). The van der Waals surface area contributed by atoms with Gasteiger partial charge in [0.05, 0.1) is 0 Å². The van der Waals surface area contributed by atoms with E-state index in [0.29, 0.717) is 18.6 Å². The summed E-state index contributed by atoms with van der Waals surface area (Å²) in [6.45, 7) is 5.14. The van der Waals surface area contributed by atoms with Gasteiger partial charge in [0, 0.05) is 31.2 Å². The molecule has 1 atom stereocenters. The predicted octanol–water partition coefficient (Wildman–Crippen LogP) is 2.30. The Hall–Kier alpha value is -0.510. The minimum Gasteiger partial charge on any atom is -0.329 e. The lowest BCUT2D eigenvalue weighted by Gasteiger charge is -2.42. The van der Waals surface area contributed by atoms with Crippen LogP contribution in [0.25, 0.3) is 0 Å². The Bertz CT molecular complexity index is 301. The van der Waals surface area contributed by atoms with Crippen LogP contribution in [0.3, 0.4) is 0 Å². The normalized spacial score (nSPS) is 31.1. The molecule has 1 aliphatic carbocycles. The number of nitrogens with zero attached hydrogens (tertiary/aromatic N) is 1. The summed E-state index contributed by atoms with van der Waals surface area (Å²) in [7, 11) is 0. The Labute approximate surface area is 94.6 Å². The lowest BCUT2D eigenvalue weighted by Crippen LogP contribution is -2.49. The molecule has 84 valence electrons. The van der Waals surface area contributed by atoms with E-state index >= 15 is 0 Å². The highest BCUT2D eigenvalue weighted by molar-refractivity contribution is 8.13. The van der Waals surface area contributed by atoms with E-state index in [2.05, 4.69) is 13.8 Å². The van der Waals surface area contributed by atoms with Crippen molar-refractivity contribution >= 4 is 22.8 Å². The van der Waals surface area contributed by atoms with Crippen LogP contribution in [0.15, 0.2) is 0 Å². The van der Waals surface area contributed by atoms with E-state index in [9.17, 15) is 9.59 Å². The first-order chi connectivity index (χ1) is 7.00. The molecule has 4 heteroatoms. The fourth-order valence-electron chi connectivity index (χ4n) is 2.44. The Morgan fingerprint density at radius 2 is 2.13 bits per heavy atom. The van der Waals surface area contributed by atoms with Crippen LogP contribution in [0.4, 0.5) is 4.79 Å². The summed E-state index contributed by atoms with van der Waals surface area (Å²) in [5.74, 6) is 1.18. The minimum atomic E-state index is 0.0917. The van der Waals surface area contributed by atoms with Crippen LogP contribution < -0.4 is 0 Å². The number of ketones is 1. The zero-order valence-corrected chi connectivity index (χ0v) is 10.1. The molecule has 0 N–H and O–H groups in total. The first-order valence-electron chi connectivity index (χ1n) is 5.46. The summed E-state index contributed by atoms with van der Waals surface area (Å²) in [6, 6.07) is 0.126. The third-order valence-corrected chi connectivity index (χ3v) is 4.41. The number of thioether (sulfide) groups is 1. The first-order valence-corrected chi connectivity index (χ1v) is 6.44. The van der Waals surface area contributed by atoms with Gasteiger partial charge in [-0.2, -0.15) is 0 Å². The standard InChI is InChI=1S/C11H17NO2S/c1-11(2)4-3-8(13)7-9(11)12-5-6-15-10(12)14/h9H,3-7H2,1-2H3. The smallest absolute Gasteiger partial charge is 0.282 e. The second-order valence-electron chi connectivity index (χ2n) is 5.05. The van der Waals surface area contributed by atoms with Crippen LogP contribution in [-0.4, -0.2) is 34.3 Å². The number of rotatable bonds is 1. The highest BCUT2D eigenvalue weighted by atomic mass is 32.2. The van der Waals surface area contributed by atoms with Gasteiger partial charge in [-0.15, -0.1) is 0 Å². The molecule has 2 fully saturated rings. The Morgan fingerprint density at radius 3 is 2.73 bits per heavy atom. The maximum Gasteiger partial charge on any atom is 0.282 e. The highest BCUT2D eigenvalue weighted by Gasteiger charge is 2.42. The lowest BCUT2D eigenvalue weighted by molar-refractivity contribution is -0.124. The van der Waals surface area contributed by atoms with E-state index in [-0.39, 0.29) is 16.7 Å². The number of amides is 1. The molecule has 0 aromatic rings. The third-order valence-electron chi connectivity index (χ3n) is 3.54. The highest BCUT2D eigenvalue weighted by Crippen LogP contribution is 2.39. The molecule has 3 nitrogen and oxygen atoms in total. The SMILES string of the molecule is CC1(C)CCC(=O)CC1N1CCSC1=O. The molecule has 0 spiro atoms. The Kier molecular flexibility index (Phi) is 2.79. The molecular formula is C11H17NO2S. The lowest BCUT2D eigenvalue weighted by atomic mass is 9.72. The number of carbonyl (C=O) groups is 2. The number of hydrogen-bond acceptors (Lipinski definition) is 3. The fraction of sp³-hybridized carbons (Fsp3) is 0.818. The van der Waals surface area contributed by atoms with E-state index in [1.54, 1.807) is 0 Å². The molecule has 0 radical (unpaired) electrons. The van der Waals surface area contributed by atoms with Crippen molar-refractivity contribution in [3.8, 4) is 0 Å². The first kappa shape index (κ1) is 11.0. The number of hydrogen-bond donors (Lipinski definition) is 0. The van der Waals surface area contributed by atoms with E-state index in [1.165, 1.54) is 11.8 Å². The summed E-state index contributed by atoms with van der Waals surface area (Å²) in [5, 5.41) is 0.155. The van der Waals surface area contributed by atoms with Crippen LogP contribution in [0.5, 0.6) is 0 Å². The van der Waals surface area contributed by atoms with Gasteiger partial charge in [0.15, 0.2) is 0 Å². The third kappa shape index (κ3) is 2.05. The second kappa shape index (κ2) is 3.81. The van der Waals surface area contributed by atoms with Crippen molar-refractivity contribution in [2.45, 2.75) is 39.2 Å². The van der Waals surface area contributed by atoms with Crippen LogP contribution >= 0.6 is 11.8 Å². The van der Waals surface area contributed by atoms with E-state index in [0.717, 1.165) is 18.7 Å². The molecule has 0 aromatic heterocycles. The molecule has 1 saturated carbocycles. The van der Waals surface area contributed by atoms with Gasteiger partial charge in [0.2, 0.25) is 0 Å². The molecule has 0 bridgehead atoms. The summed E-state index contributed by atoms with van der Waals surface area (Å²) in [5.41, 5.74) is 0.0917. The largest absolute Gasteiger partial charge is 0.329 e. The van der Waals surface area contributed by atoms with E-state index < -0.39 is 0 Å². The zero-order chi connectivity index (χ0) is 11.1. The molecule has 1 amide bonds. The average molecular weight is 227 g/mol. The summed E-state index contributed by atoms with van der Waals surface area (Å²) in [4.78, 5) is 25.0. The predicted molar refractivity (Wildman–Crippen MR) is 61.0 cm³/mol. The maximum absolute atomic E-state index is 11.6. The molecule has 2 aliphatic rings. The van der Waals surface area contributed by atoms with Gasteiger partial charge in [-0.05, 0) is 11.8 Å². The van der Waals surface area contributed by atoms with Crippen LogP contribution in [-0.2, 0) is 4.79 Å². The number of Topliss-reactive ketones (excluding diaryl/α,β-unsaturated/α-hetero) is 1. The molecule has 1 unspecified atom stereocenters. The van der Waals surface area contributed by atoms with Gasteiger partial charge >= 0.3 is 0 Å². The Balaban J connectivity index is 2.17. The van der Waals surface area contributed by atoms with Gasteiger partial charge in [-0.1, -0.05) is 25.6 Å².